The van der Waals surface area contributed by atoms with E-state index in [0.29, 0.717) is 12.2 Å². The van der Waals surface area contributed by atoms with E-state index in [-0.39, 0.29) is 5.97 Å². The molecular formula is C13H17NO2S. The van der Waals surface area contributed by atoms with E-state index in [2.05, 4.69) is 12.2 Å². The Balaban J connectivity index is 2.03. The number of nitrogens with one attached hydrogen (secondary N) is 1. The Bertz CT molecular complexity index is 406. The predicted molar refractivity (Wildman–Crippen MR) is 70.8 cm³/mol. The van der Waals surface area contributed by atoms with Crippen molar-refractivity contribution in [3.8, 4) is 0 Å². The van der Waals surface area contributed by atoms with Crippen molar-refractivity contribution in [3.63, 3.8) is 0 Å². The van der Waals surface area contributed by atoms with E-state index >= 15 is 0 Å². The summed E-state index contributed by atoms with van der Waals surface area (Å²) in [5.41, 5.74) is 1.77. The highest BCUT2D eigenvalue weighted by Crippen LogP contribution is 2.31. The summed E-state index contributed by atoms with van der Waals surface area (Å²) >= 11 is 1.78. The Kier molecular flexibility index (Phi) is 4.31. The number of anilines is 1. The van der Waals surface area contributed by atoms with Gasteiger partial charge in [0.1, 0.15) is 0 Å². The molecule has 0 saturated heterocycles. The van der Waals surface area contributed by atoms with Crippen LogP contribution < -0.4 is 5.32 Å². The van der Waals surface area contributed by atoms with Gasteiger partial charge in [0, 0.05) is 22.9 Å². The van der Waals surface area contributed by atoms with Crippen LogP contribution in [0.25, 0.3) is 0 Å². The van der Waals surface area contributed by atoms with Crippen molar-refractivity contribution in [2.24, 2.45) is 0 Å². The highest BCUT2D eigenvalue weighted by Gasteiger charge is 2.13. The Morgan fingerprint density at radius 3 is 3.24 bits per heavy atom. The van der Waals surface area contributed by atoms with Gasteiger partial charge < -0.3 is 10.1 Å². The maximum absolute atomic E-state index is 11.8. The van der Waals surface area contributed by atoms with Crippen LogP contribution in [-0.4, -0.2) is 24.9 Å². The fourth-order valence-electron chi connectivity index (χ4n) is 1.65. The number of esters is 1. The first kappa shape index (κ1) is 12.3. The summed E-state index contributed by atoms with van der Waals surface area (Å²) in [5.74, 6) is 0.828. The molecule has 0 bridgehead atoms. The molecule has 0 aliphatic carbocycles. The van der Waals surface area contributed by atoms with E-state index in [4.69, 9.17) is 4.74 Å². The van der Waals surface area contributed by atoms with Gasteiger partial charge in [0.05, 0.1) is 12.2 Å². The molecule has 0 radical (unpaired) electrons. The van der Waals surface area contributed by atoms with Crippen LogP contribution in [0.3, 0.4) is 0 Å². The molecule has 3 nitrogen and oxygen atoms in total. The van der Waals surface area contributed by atoms with E-state index < -0.39 is 0 Å². The number of ether oxygens (including phenoxy) is 1. The Morgan fingerprint density at radius 1 is 1.53 bits per heavy atom. The molecule has 1 aromatic rings. The van der Waals surface area contributed by atoms with Crippen LogP contribution in [0.4, 0.5) is 5.69 Å². The van der Waals surface area contributed by atoms with Crippen LogP contribution >= 0.6 is 11.8 Å². The lowest BCUT2D eigenvalue weighted by Crippen LogP contribution is -2.12. The van der Waals surface area contributed by atoms with Gasteiger partial charge in [-0.1, -0.05) is 13.3 Å². The molecule has 4 heteroatoms. The molecule has 1 heterocycles. The van der Waals surface area contributed by atoms with Crippen LogP contribution in [-0.2, 0) is 4.74 Å². The van der Waals surface area contributed by atoms with E-state index in [1.807, 2.05) is 18.2 Å². The molecule has 1 aromatic carbocycles. The maximum Gasteiger partial charge on any atom is 0.338 e. The SMILES string of the molecule is CCCCOC(=O)c1ccc2c(c1)SCCN2. The molecule has 0 amide bonds. The number of rotatable bonds is 4. The van der Waals surface area contributed by atoms with Crippen molar-refractivity contribution in [3.05, 3.63) is 23.8 Å². The van der Waals surface area contributed by atoms with Crippen LogP contribution in [0.2, 0.25) is 0 Å². The molecule has 92 valence electrons. The molecule has 1 aliphatic rings. The third kappa shape index (κ3) is 3.16. The van der Waals surface area contributed by atoms with Crippen LogP contribution in [0.5, 0.6) is 0 Å². The molecule has 1 N–H and O–H groups in total. The Hall–Kier alpha value is -1.16. The molecular weight excluding hydrogens is 234 g/mol. The summed E-state index contributed by atoms with van der Waals surface area (Å²) in [7, 11) is 0. The highest BCUT2D eigenvalue weighted by molar-refractivity contribution is 7.99. The number of hydrogen-bond donors (Lipinski definition) is 1. The number of carbonyl (C=O) groups is 1. The number of carbonyl (C=O) groups excluding carboxylic acids is 1. The smallest absolute Gasteiger partial charge is 0.338 e. The minimum absolute atomic E-state index is 0.215. The standard InChI is InChI=1S/C13H17NO2S/c1-2-3-7-16-13(15)10-4-5-11-12(9-10)17-8-6-14-11/h4-5,9,14H,2-3,6-8H2,1H3. The molecule has 2 rings (SSSR count). The minimum Gasteiger partial charge on any atom is -0.462 e. The molecule has 1 aliphatic heterocycles. The molecule has 0 atom stereocenters. The quantitative estimate of drug-likeness (QED) is 0.659. The van der Waals surface area contributed by atoms with Gasteiger partial charge in [0.25, 0.3) is 0 Å². The van der Waals surface area contributed by atoms with Gasteiger partial charge in [0.2, 0.25) is 0 Å². The fourth-order valence-corrected chi connectivity index (χ4v) is 2.58. The van der Waals surface area contributed by atoms with Crippen molar-refractivity contribution in [2.75, 3.05) is 24.2 Å². The van der Waals surface area contributed by atoms with Gasteiger partial charge in [-0.3, -0.25) is 0 Å². The monoisotopic (exact) mass is 251 g/mol. The van der Waals surface area contributed by atoms with Crippen LogP contribution in [0.15, 0.2) is 23.1 Å². The zero-order valence-corrected chi connectivity index (χ0v) is 10.8. The Labute approximate surface area is 106 Å². The molecule has 0 unspecified atom stereocenters. The maximum atomic E-state index is 11.8. The van der Waals surface area contributed by atoms with E-state index in [9.17, 15) is 4.79 Å². The minimum atomic E-state index is -0.215. The first-order valence-corrected chi connectivity index (χ1v) is 6.97. The van der Waals surface area contributed by atoms with Gasteiger partial charge in [-0.25, -0.2) is 4.79 Å². The number of thioether (sulfide) groups is 1. The zero-order valence-electron chi connectivity index (χ0n) is 9.99. The number of hydrogen-bond acceptors (Lipinski definition) is 4. The van der Waals surface area contributed by atoms with E-state index in [0.717, 1.165) is 35.7 Å². The molecule has 0 spiro atoms. The summed E-state index contributed by atoms with van der Waals surface area (Å²) < 4.78 is 5.19. The van der Waals surface area contributed by atoms with Crippen LogP contribution in [0, 0.1) is 0 Å². The highest BCUT2D eigenvalue weighted by atomic mass is 32.2. The van der Waals surface area contributed by atoms with Crippen molar-refractivity contribution >= 4 is 23.4 Å². The van der Waals surface area contributed by atoms with Crippen LogP contribution in [0.1, 0.15) is 30.1 Å². The number of fused-ring (bicyclic) bond motifs is 1. The second-order valence-corrected chi connectivity index (χ2v) is 5.11. The molecule has 0 fully saturated rings. The third-order valence-corrected chi connectivity index (χ3v) is 3.68. The van der Waals surface area contributed by atoms with Gasteiger partial charge in [-0.05, 0) is 24.6 Å². The van der Waals surface area contributed by atoms with Gasteiger partial charge in [-0.2, -0.15) is 0 Å². The summed E-state index contributed by atoms with van der Waals surface area (Å²) in [4.78, 5) is 12.9. The Morgan fingerprint density at radius 2 is 2.41 bits per heavy atom. The average molecular weight is 251 g/mol. The first-order valence-electron chi connectivity index (χ1n) is 5.99. The average Bonchev–Trinajstić information content (AvgIpc) is 2.38. The fraction of sp³-hybridized carbons (Fsp3) is 0.462. The summed E-state index contributed by atoms with van der Waals surface area (Å²) in [6.07, 6.45) is 1.96. The topological polar surface area (TPSA) is 38.3 Å². The normalized spacial score (nSPS) is 13.7. The van der Waals surface area contributed by atoms with E-state index in [1.165, 1.54) is 0 Å². The molecule has 0 saturated carbocycles. The second kappa shape index (κ2) is 5.96. The van der Waals surface area contributed by atoms with E-state index in [1.54, 1.807) is 11.8 Å². The molecule has 17 heavy (non-hydrogen) atoms. The lowest BCUT2D eigenvalue weighted by Gasteiger charge is -2.17. The summed E-state index contributed by atoms with van der Waals surface area (Å²) in [6.45, 7) is 3.57. The summed E-state index contributed by atoms with van der Waals surface area (Å²) in [6, 6.07) is 5.70. The lowest BCUT2D eigenvalue weighted by atomic mass is 10.2. The first-order chi connectivity index (χ1) is 8.31. The van der Waals surface area contributed by atoms with Crippen molar-refractivity contribution in [2.45, 2.75) is 24.7 Å². The van der Waals surface area contributed by atoms with Gasteiger partial charge >= 0.3 is 5.97 Å². The third-order valence-electron chi connectivity index (χ3n) is 2.62. The second-order valence-electron chi connectivity index (χ2n) is 3.98. The molecule has 0 aromatic heterocycles. The number of benzene rings is 1. The number of unbranched alkanes of at least 4 members (excludes halogenated alkanes) is 1. The zero-order chi connectivity index (χ0) is 12.1. The van der Waals surface area contributed by atoms with Crippen molar-refractivity contribution in [1.29, 1.82) is 0 Å². The van der Waals surface area contributed by atoms with Crippen molar-refractivity contribution in [1.82, 2.24) is 0 Å². The van der Waals surface area contributed by atoms with Gasteiger partial charge in [-0.15, -0.1) is 11.8 Å². The van der Waals surface area contributed by atoms with Gasteiger partial charge in [0.15, 0.2) is 0 Å². The van der Waals surface area contributed by atoms with Crippen molar-refractivity contribution < 1.29 is 9.53 Å². The predicted octanol–water partition coefficient (Wildman–Crippen LogP) is 3.16. The summed E-state index contributed by atoms with van der Waals surface area (Å²) in [5, 5.41) is 3.31. The lowest BCUT2D eigenvalue weighted by molar-refractivity contribution is 0.0499. The largest absolute Gasteiger partial charge is 0.462 e.